The third-order valence-electron chi connectivity index (χ3n) is 5.81. The zero-order chi connectivity index (χ0) is 23.1. The predicted octanol–water partition coefficient (Wildman–Crippen LogP) is 3.85. The van der Waals surface area contributed by atoms with Gasteiger partial charge in [-0.3, -0.25) is 9.59 Å². The smallest absolute Gasteiger partial charge is 0.290 e. The van der Waals surface area contributed by atoms with Gasteiger partial charge in [0.05, 0.1) is 17.9 Å². The van der Waals surface area contributed by atoms with Crippen molar-refractivity contribution in [1.29, 1.82) is 0 Å². The number of furan rings is 1. The molecule has 0 saturated heterocycles. The number of carbonyl (C=O) groups excluding carboxylic acids is 2. The molecule has 0 fully saturated rings. The Labute approximate surface area is 190 Å². The highest BCUT2D eigenvalue weighted by atomic mass is 16.7. The van der Waals surface area contributed by atoms with Crippen molar-refractivity contribution in [3.05, 3.63) is 89.1 Å². The molecule has 1 aromatic heterocycles. The lowest BCUT2D eigenvalue weighted by Gasteiger charge is -2.27. The number of nitrogens with zero attached hydrogens (tertiary/aromatic N) is 2. The summed E-state index contributed by atoms with van der Waals surface area (Å²) in [6.07, 6.45) is 1.38. The van der Waals surface area contributed by atoms with Gasteiger partial charge in [-0.2, -0.15) is 0 Å². The Balaban J connectivity index is 1.55. The van der Waals surface area contributed by atoms with Crippen LogP contribution in [0.25, 0.3) is 0 Å². The monoisotopic (exact) mass is 446 g/mol. The molecule has 2 aliphatic heterocycles. The van der Waals surface area contributed by atoms with Crippen molar-refractivity contribution >= 4 is 17.4 Å². The van der Waals surface area contributed by atoms with Crippen LogP contribution in [0, 0.1) is 0 Å². The van der Waals surface area contributed by atoms with Gasteiger partial charge in [0.25, 0.3) is 5.91 Å². The Kier molecular flexibility index (Phi) is 5.05. The van der Waals surface area contributed by atoms with Crippen LogP contribution in [0.4, 0.5) is 5.69 Å². The highest BCUT2D eigenvalue weighted by molar-refractivity contribution is 6.15. The van der Waals surface area contributed by atoms with Gasteiger partial charge in [0.1, 0.15) is 0 Å². The first-order valence-corrected chi connectivity index (χ1v) is 10.4. The number of hydrogen-bond acceptors (Lipinski definition) is 7. The minimum absolute atomic E-state index is 0.00621. The minimum atomic E-state index is -0.781. The van der Waals surface area contributed by atoms with Gasteiger partial charge in [-0.15, -0.1) is 0 Å². The van der Waals surface area contributed by atoms with E-state index in [1.165, 1.54) is 17.2 Å². The van der Waals surface area contributed by atoms with Gasteiger partial charge in [0.15, 0.2) is 23.0 Å². The van der Waals surface area contributed by atoms with Crippen LogP contribution < -0.4 is 14.4 Å². The molecule has 0 saturated carbocycles. The van der Waals surface area contributed by atoms with E-state index in [1.807, 2.05) is 49.3 Å². The fraction of sp³-hybridized carbons (Fsp3) is 0.200. The van der Waals surface area contributed by atoms with Crippen molar-refractivity contribution in [2.45, 2.75) is 12.6 Å². The van der Waals surface area contributed by atoms with E-state index in [0.29, 0.717) is 17.1 Å². The quantitative estimate of drug-likeness (QED) is 0.575. The molecule has 2 aromatic carbocycles. The van der Waals surface area contributed by atoms with Gasteiger partial charge in [0.2, 0.25) is 12.6 Å². The zero-order valence-corrected chi connectivity index (χ0v) is 18.1. The number of rotatable bonds is 6. The number of ether oxygens (including phenoxy) is 2. The number of Topliss-reactive ketones (excluding diaryl/α,β-unsaturated/α-hetero) is 1. The lowest BCUT2D eigenvalue weighted by molar-refractivity contribution is -0.130. The van der Waals surface area contributed by atoms with E-state index in [9.17, 15) is 14.7 Å². The van der Waals surface area contributed by atoms with Crippen LogP contribution in [0.2, 0.25) is 0 Å². The molecule has 0 radical (unpaired) electrons. The van der Waals surface area contributed by atoms with Crippen LogP contribution in [0.3, 0.4) is 0 Å². The third kappa shape index (κ3) is 3.59. The molecule has 0 bridgehead atoms. The highest BCUT2D eigenvalue weighted by Crippen LogP contribution is 2.41. The molecule has 1 N–H and O–H groups in total. The second-order valence-corrected chi connectivity index (χ2v) is 8.08. The van der Waals surface area contributed by atoms with Gasteiger partial charge >= 0.3 is 0 Å². The van der Waals surface area contributed by atoms with Crippen molar-refractivity contribution in [1.82, 2.24) is 4.90 Å². The molecular weight excluding hydrogens is 424 g/mol. The van der Waals surface area contributed by atoms with E-state index >= 15 is 0 Å². The zero-order valence-electron chi connectivity index (χ0n) is 18.1. The lowest BCUT2D eigenvalue weighted by Crippen LogP contribution is -2.30. The molecule has 3 heterocycles. The summed E-state index contributed by atoms with van der Waals surface area (Å²) in [5, 5.41) is 10.8. The van der Waals surface area contributed by atoms with Crippen molar-refractivity contribution in [3.63, 3.8) is 0 Å². The number of carbonyl (C=O) groups is 2. The molecule has 5 rings (SSSR count). The molecule has 33 heavy (non-hydrogen) atoms. The van der Waals surface area contributed by atoms with E-state index in [2.05, 4.69) is 0 Å². The van der Waals surface area contributed by atoms with Crippen LogP contribution in [-0.4, -0.2) is 42.6 Å². The van der Waals surface area contributed by atoms with Crippen molar-refractivity contribution in [3.8, 4) is 11.5 Å². The first-order chi connectivity index (χ1) is 15.9. The highest BCUT2D eigenvalue weighted by Gasteiger charge is 2.44. The Hall–Kier alpha value is -4.20. The van der Waals surface area contributed by atoms with Gasteiger partial charge < -0.3 is 28.8 Å². The molecule has 168 valence electrons. The Morgan fingerprint density at radius 3 is 2.55 bits per heavy atom. The summed E-state index contributed by atoms with van der Waals surface area (Å²) in [4.78, 5) is 29.8. The normalized spacial score (nSPS) is 17.1. The predicted molar refractivity (Wildman–Crippen MR) is 119 cm³/mol. The average Bonchev–Trinajstić information content (AvgIpc) is 3.56. The van der Waals surface area contributed by atoms with Gasteiger partial charge in [-0.25, -0.2) is 0 Å². The number of fused-ring (bicyclic) bond motifs is 1. The standard InChI is InChI=1S/C25H22N2O6/c1-26(2)17-8-6-16(7-9-17)22-21(23(28)19-4-3-11-31-19)24(29)25(30)27(22)13-15-5-10-18-20(12-15)33-14-32-18/h3-12,22,29H,13-14H2,1-2H3. The van der Waals surface area contributed by atoms with E-state index in [-0.39, 0.29) is 24.7 Å². The number of aliphatic hydroxyl groups is 1. The summed E-state index contributed by atoms with van der Waals surface area (Å²) in [6, 6.07) is 15.3. The topological polar surface area (TPSA) is 92.5 Å². The molecule has 1 atom stereocenters. The number of aliphatic hydroxyl groups excluding tert-OH is 1. The second-order valence-electron chi connectivity index (χ2n) is 8.08. The molecule has 3 aromatic rings. The van der Waals surface area contributed by atoms with Crippen molar-refractivity contribution < 1.29 is 28.6 Å². The van der Waals surface area contributed by atoms with Crippen LogP contribution in [0.1, 0.15) is 27.7 Å². The fourth-order valence-electron chi connectivity index (χ4n) is 4.13. The van der Waals surface area contributed by atoms with Crippen LogP contribution in [0.5, 0.6) is 11.5 Å². The molecular formula is C25H22N2O6. The number of benzene rings is 2. The van der Waals surface area contributed by atoms with E-state index in [0.717, 1.165) is 11.3 Å². The summed E-state index contributed by atoms with van der Waals surface area (Å²) in [7, 11) is 3.86. The summed E-state index contributed by atoms with van der Waals surface area (Å²) in [6.45, 7) is 0.307. The summed E-state index contributed by atoms with van der Waals surface area (Å²) < 4.78 is 16.1. The largest absolute Gasteiger partial charge is 0.503 e. The van der Waals surface area contributed by atoms with Crippen LogP contribution in [0.15, 0.2) is 76.6 Å². The second kappa shape index (κ2) is 8.05. The summed E-state index contributed by atoms with van der Waals surface area (Å²) >= 11 is 0. The molecule has 8 heteroatoms. The summed E-state index contributed by atoms with van der Waals surface area (Å²) in [5.74, 6) is -0.430. The number of amides is 1. The molecule has 2 aliphatic rings. The molecule has 1 unspecified atom stereocenters. The maximum Gasteiger partial charge on any atom is 0.290 e. The fourth-order valence-corrected chi connectivity index (χ4v) is 4.13. The van der Waals surface area contributed by atoms with E-state index in [4.69, 9.17) is 13.9 Å². The molecule has 1 amide bonds. The first-order valence-electron chi connectivity index (χ1n) is 10.4. The number of anilines is 1. The van der Waals surface area contributed by atoms with Crippen LogP contribution >= 0.6 is 0 Å². The lowest BCUT2D eigenvalue weighted by atomic mass is 9.94. The van der Waals surface area contributed by atoms with E-state index < -0.39 is 23.5 Å². The SMILES string of the molecule is CN(C)c1ccc(C2C(C(=O)c3ccco3)=C(O)C(=O)N2Cc2ccc3c(c2)OCO3)cc1. The average molecular weight is 446 g/mol. The van der Waals surface area contributed by atoms with Crippen molar-refractivity contribution in [2.24, 2.45) is 0 Å². The Morgan fingerprint density at radius 1 is 1.09 bits per heavy atom. The number of hydrogen-bond donors (Lipinski definition) is 1. The maximum atomic E-state index is 13.2. The first kappa shape index (κ1) is 20.7. The Bertz CT molecular complexity index is 1240. The molecule has 0 spiro atoms. The van der Waals surface area contributed by atoms with Crippen LogP contribution in [-0.2, 0) is 11.3 Å². The van der Waals surface area contributed by atoms with Gasteiger partial charge in [0, 0.05) is 26.3 Å². The maximum absolute atomic E-state index is 13.2. The van der Waals surface area contributed by atoms with Gasteiger partial charge in [-0.1, -0.05) is 18.2 Å². The molecule has 0 aliphatic carbocycles. The molecule has 8 nitrogen and oxygen atoms in total. The third-order valence-corrected chi connectivity index (χ3v) is 5.81. The summed E-state index contributed by atoms with van der Waals surface area (Å²) in [5.41, 5.74) is 2.45. The number of ketones is 1. The van der Waals surface area contributed by atoms with E-state index in [1.54, 1.807) is 18.2 Å². The minimum Gasteiger partial charge on any atom is -0.503 e. The van der Waals surface area contributed by atoms with Gasteiger partial charge in [-0.05, 0) is 47.5 Å². The van der Waals surface area contributed by atoms with Crippen molar-refractivity contribution in [2.75, 3.05) is 25.8 Å². The Morgan fingerprint density at radius 2 is 1.85 bits per heavy atom.